The van der Waals surface area contributed by atoms with Crippen molar-refractivity contribution in [3.63, 3.8) is 0 Å². The third-order valence-corrected chi connectivity index (χ3v) is 2.28. The summed E-state index contributed by atoms with van der Waals surface area (Å²) in [5, 5.41) is 4.16. The van der Waals surface area contributed by atoms with Gasteiger partial charge in [0.15, 0.2) is 5.82 Å². The standard InChI is InChI=1S/C10H14N6/c1-2-4-8-9(15-11)12-7-13-10(8)16-6-3-5-14-16/h3,5-7H,2,4,11H2,1H3,(H,12,13,15). The fourth-order valence-electron chi connectivity index (χ4n) is 1.60. The molecule has 84 valence electrons. The molecule has 2 aromatic heterocycles. The molecule has 16 heavy (non-hydrogen) atoms. The van der Waals surface area contributed by atoms with Gasteiger partial charge in [0, 0.05) is 18.0 Å². The van der Waals surface area contributed by atoms with Gasteiger partial charge in [-0.25, -0.2) is 20.5 Å². The van der Waals surface area contributed by atoms with Gasteiger partial charge in [0.05, 0.1) is 0 Å². The van der Waals surface area contributed by atoms with Crippen LogP contribution in [0.25, 0.3) is 5.82 Å². The van der Waals surface area contributed by atoms with Gasteiger partial charge in [0.2, 0.25) is 0 Å². The average molecular weight is 218 g/mol. The zero-order valence-corrected chi connectivity index (χ0v) is 9.09. The van der Waals surface area contributed by atoms with Gasteiger partial charge in [-0.2, -0.15) is 5.10 Å². The Morgan fingerprint density at radius 3 is 2.94 bits per heavy atom. The molecule has 0 radical (unpaired) electrons. The largest absolute Gasteiger partial charge is 0.308 e. The minimum absolute atomic E-state index is 0.655. The molecule has 0 saturated heterocycles. The minimum atomic E-state index is 0.655. The van der Waals surface area contributed by atoms with E-state index in [-0.39, 0.29) is 0 Å². The molecular formula is C10H14N6. The predicted octanol–water partition coefficient (Wildman–Crippen LogP) is 0.900. The molecule has 0 unspecified atom stereocenters. The van der Waals surface area contributed by atoms with E-state index >= 15 is 0 Å². The lowest BCUT2D eigenvalue weighted by Gasteiger charge is -2.11. The van der Waals surface area contributed by atoms with Gasteiger partial charge in [-0.1, -0.05) is 13.3 Å². The number of nitrogens with two attached hydrogens (primary N) is 1. The average Bonchev–Trinajstić information content (AvgIpc) is 2.83. The number of nitrogens with one attached hydrogen (secondary N) is 1. The second-order valence-electron chi connectivity index (χ2n) is 3.37. The molecule has 0 fully saturated rings. The molecule has 0 bridgehead atoms. The number of hydrogen-bond donors (Lipinski definition) is 2. The fourth-order valence-corrected chi connectivity index (χ4v) is 1.60. The second kappa shape index (κ2) is 4.71. The summed E-state index contributed by atoms with van der Waals surface area (Å²) in [7, 11) is 0. The van der Waals surface area contributed by atoms with Crippen molar-refractivity contribution in [2.24, 2.45) is 5.84 Å². The first-order valence-electron chi connectivity index (χ1n) is 5.17. The summed E-state index contributed by atoms with van der Waals surface area (Å²) in [6.45, 7) is 2.10. The van der Waals surface area contributed by atoms with Crippen molar-refractivity contribution in [2.75, 3.05) is 5.43 Å². The molecule has 3 N–H and O–H groups in total. The van der Waals surface area contributed by atoms with E-state index in [9.17, 15) is 0 Å². The summed E-state index contributed by atoms with van der Waals surface area (Å²) >= 11 is 0. The molecule has 0 atom stereocenters. The van der Waals surface area contributed by atoms with Crippen LogP contribution in [0.15, 0.2) is 24.8 Å². The molecule has 0 saturated carbocycles. The Bertz CT molecular complexity index is 450. The number of aromatic nitrogens is 4. The first-order chi connectivity index (χ1) is 7.86. The van der Waals surface area contributed by atoms with E-state index in [1.165, 1.54) is 6.33 Å². The van der Waals surface area contributed by atoms with Crippen molar-refractivity contribution in [3.8, 4) is 5.82 Å². The lowest BCUT2D eigenvalue weighted by atomic mass is 10.1. The van der Waals surface area contributed by atoms with E-state index in [0.29, 0.717) is 5.82 Å². The van der Waals surface area contributed by atoms with Crippen LogP contribution in [0.4, 0.5) is 5.82 Å². The summed E-state index contributed by atoms with van der Waals surface area (Å²) in [5.74, 6) is 6.86. The topological polar surface area (TPSA) is 81.6 Å². The molecular weight excluding hydrogens is 204 g/mol. The van der Waals surface area contributed by atoms with Crippen LogP contribution < -0.4 is 11.3 Å². The summed E-state index contributed by atoms with van der Waals surface area (Å²) < 4.78 is 1.72. The third-order valence-electron chi connectivity index (χ3n) is 2.28. The molecule has 2 heterocycles. The number of hydrazine groups is 1. The zero-order valence-electron chi connectivity index (χ0n) is 9.09. The number of nitrogens with zero attached hydrogens (tertiary/aromatic N) is 4. The van der Waals surface area contributed by atoms with Gasteiger partial charge in [0.1, 0.15) is 12.1 Å². The van der Waals surface area contributed by atoms with Crippen molar-refractivity contribution in [1.82, 2.24) is 19.7 Å². The summed E-state index contributed by atoms with van der Waals surface area (Å²) in [6, 6.07) is 1.85. The number of rotatable bonds is 4. The normalized spacial score (nSPS) is 10.4. The van der Waals surface area contributed by atoms with E-state index < -0.39 is 0 Å². The highest BCUT2D eigenvalue weighted by atomic mass is 15.3. The first kappa shape index (κ1) is 10.6. The summed E-state index contributed by atoms with van der Waals surface area (Å²) in [4.78, 5) is 8.34. The molecule has 0 aromatic carbocycles. The summed E-state index contributed by atoms with van der Waals surface area (Å²) in [5.41, 5.74) is 3.57. The maximum absolute atomic E-state index is 5.43. The smallest absolute Gasteiger partial charge is 0.162 e. The molecule has 6 heteroatoms. The van der Waals surface area contributed by atoms with Crippen LogP contribution in [0.3, 0.4) is 0 Å². The maximum atomic E-state index is 5.43. The Morgan fingerprint density at radius 1 is 1.44 bits per heavy atom. The van der Waals surface area contributed by atoms with Crippen molar-refractivity contribution in [2.45, 2.75) is 19.8 Å². The lowest BCUT2D eigenvalue weighted by Crippen LogP contribution is -2.14. The second-order valence-corrected chi connectivity index (χ2v) is 3.37. The van der Waals surface area contributed by atoms with Crippen molar-refractivity contribution in [1.29, 1.82) is 0 Å². The molecule has 0 aliphatic rings. The quantitative estimate of drug-likeness (QED) is 0.588. The molecule has 0 aliphatic heterocycles. The van der Waals surface area contributed by atoms with E-state index in [1.54, 1.807) is 10.9 Å². The molecule has 0 aliphatic carbocycles. The molecule has 2 rings (SSSR count). The van der Waals surface area contributed by atoms with Crippen LogP contribution in [0.1, 0.15) is 18.9 Å². The Labute approximate surface area is 93.5 Å². The first-order valence-corrected chi connectivity index (χ1v) is 5.17. The van der Waals surface area contributed by atoms with Gasteiger partial charge in [-0.15, -0.1) is 0 Å². The SMILES string of the molecule is CCCc1c(NN)ncnc1-n1cccn1. The molecule has 0 amide bonds. The highest BCUT2D eigenvalue weighted by Gasteiger charge is 2.11. The van der Waals surface area contributed by atoms with Crippen molar-refractivity contribution in [3.05, 3.63) is 30.4 Å². The van der Waals surface area contributed by atoms with E-state index in [0.717, 1.165) is 24.2 Å². The third kappa shape index (κ3) is 1.87. The van der Waals surface area contributed by atoms with Crippen LogP contribution >= 0.6 is 0 Å². The molecule has 2 aromatic rings. The maximum Gasteiger partial charge on any atom is 0.162 e. The summed E-state index contributed by atoms with van der Waals surface area (Å²) in [6.07, 6.45) is 6.90. The van der Waals surface area contributed by atoms with Gasteiger partial charge in [-0.3, -0.25) is 0 Å². The van der Waals surface area contributed by atoms with Gasteiger partial charge in [0.25, 0.3) is 0 Å². The van der Waals surface area contributed by atoms with Crippen molar-refractivity contribution >= 4 is 5.82 Å². The zero-order chi connectivity index (χ0) is 11.4. The number of hydrogen-bond acceptors (Lipinski definition) is 5. The highest BCUT2D eigenvalue weighted by molar-refractivity contribution is 5.50. The fraction of sp³-hybridized carbons (Fsp3) is 0.300. The van der Waals surface area contributed by atoms with E-state index in [1.807, 2.05) is 12.3 Å². The monoisotopic (exact) mass is 218 g/mol. The Balaban J connectivity index is 2.51. The number of anilines is 1. The van der Waals surface area contributed by atoms with Gasteiger partial charge < -0.3 is 5.43 Å². The van der Waals surface area contributed by atoms with E-state index in [2.05, 4.69) is 27.4 Å². The minimum Gasteiger partial charge on any atom is -0.308 e. The van der Waals surface area contributed by atoms with Crippen LogP contribution in [0.2, 0.25) is 0 Å². The van der Waals surface area contributed by atoms with Crippen LogP contribution in [0, 0.1) is 0 Å². The van der Waals surface area contributed by atoms with Crippen LogP contribution in [-0.4, -0.2) is 19.7 Å². The van der Waals surface area contributed by atoms with Crippen LogP contribution in [0.5, 0.6) is 0 Å². The van der Waals surface area contributed by atoms with Gasteiger partial charge >= 0.3 is 0 Å². The Kier molecular flexibility index (Phi) is 3.11. The Morgan fingerprint density at radius 2 is 2.31 bits per heavy atom. The Hall–Kier alpha value is -1.95. The van der Waals surface area contributed by atoms with E-state index in [4.69, 9.17) is 5.84 Å². The number of nitrogen functional groups attached to an aromatic ring is 1. The van der Waals surface area contributed by atoms with Crippen LogP contribution in [-0.2, 0) is 6.42 Å². The highest BCUT2D eigenvalue weighted by Crippen LogP contribution is 2.19. The molecule has 6 nitrogen and oxygen atoms in total. The van der Waals surface area contributed by atoms with Gasteiger partial charge in [-0.05, 0) is 12.5 Å². The van der Waals surface area contributed by atoms with Crippen molar-refractivity contribution < 1.29 is 0 Å². The predicted molar refractivity (Wildman–Crippen MR) is 61.0 cm³/mol. The molecule has 0 spiro atoms. The lowest BCUT2D eigenvalue weighted by molar-refractivity contribution is 0.799.